The number of carbonyl (C=O) groups is 9. The summed E-state index contributed by atoms with van der Waals surface area (Å²) < 4.78 is 0. The van der Waals surface area contributed by atoms with Gasteiger partial charge in [-0.3, -0.25) is 0 Å². The van der Waals surface area contributed by atoms with Gasteiger partial charge < -0.3 is 143 Å². The molecule has 0 spiro atoms. The van der Waals surface area contributed by atoms with Crippen LogP contribution in [0, 0.1) is 0 Å². The first-order chi connectivity index (χ1) is 64.2. The summed E-state index contributed by atoms with van der Waals surface area (Å²) in [6, 6.07) is 60.8. The zero-order valence-corrected chi connectivity index (χ0v) is 68.7. The van der Waals surface area contributed by atoms with Crippen molar-refractivity contribution in [2.45, 2.75) is 0 Å². The van der Waals surface area contributed by atoms with Crippen molar-refractivity contribution in [3.8, 4) is 109 Å². The number of aromatic hydroxyl groups is 10. The largest absolute Gasteiger partial charge is 0.872 e. The van der Waals surface area contributed by atoms with Crippen LogP contribution in [0.1, 0.15) is 93.2 Å². The summed E-state index contributed by atoms with van der Waals surface area (Å²) in [4.78, 5) is 96.2. The molecule has 0 saturated carbocycles. The molecule has 18 aromatic rings. The second-order valence-corrected chi connectivity index (χ2v) is 28.6. The van der Waals surface area contributed by atoms with Gasteiger partial charge in [0.05, 0.1) is 38.9 Å². The summed E-state index contributed by atoms with van der Waals surface area (Å²) in [5.74, 6) is -17.3. The fourth-order valence-electron chi connectivity index (χ4n) is 13.1. The Balaban J connectivity index is 0.000000158. The average molecular weight is 1840 g/mol. The van der Waals surface area contributed by atoms with E-state index in [4.69, 9.17) is 46.0 Å². The monoisotopic (exact) mass is 1840 g/mol. The van der Waals surface area contributed by atoms with Crippen LogP contribution in [-0.2, 0) is 0 Å². The Bertz CT molecular complexity index is 7720. The minimum Gasteiger partial charge on any atom is -0.872 e. The van der Waals surface area contributed by atoms with Crippen LogP contribution in [0.25, 0.3) is 97.0 Å². The van der Waals surface area contributed by atoms with Crippen molar-refractivity contribution in [3.63, 3.8) is 0 Å². The normalized spacial score (nSPS) is 10.4. The molecule has 0 aliphatic carbocycles. The van der Waals surface area contributed by atoms with Crippen LogP contribution in [0.3, 0.4) is 0 Å². The van der Waals surface area contributed by atoms with Crippen LogP contribution in [0.15, 0.2) is 267 Å². The SMILES string of the molecule is O=C(O)c1cc([O-])c2cc(O)c(O)cc2c1.O=C(O)c1cc2c([O-])cccc2cc1O.O=C(O)c1cc2cc(O)ccc2cc1[O-].O=C(O)c1cc2ccc(O)cc2cc1[O-].O=C(O)c1cc2cccc([O-])c2cc1O.O=C(O)c1ccc2c(O)cccc2c1[O-].O=C(O)c1ccc2cc(O)ccc2c1[O-].O=C(O)c1ccc2ccc(O)cc2c1[O-].O=C(O)c1ccc2cccc(O)c2c1[O-]. The van der Waals surface area contributed by atoms with E-state index in [-0.39, 0.29) is 129 Å². The van der Waals surface area contributed by atoms with Gasteiger partial charge >= 0.3 is 53.7 Å². The van der Waals surface area contributed by atoms with E-state index in [1.54, 1.807) is 60.7 Å². The molecule has 0 saturated heterocycles. The van der Waals surface area contributed by atoms with Crippen molar-refractivity contribution in [1.82, 2.24) is 0 Å². The first-order valence-electron chi connectivity index (χ1n) is 38.4. The molecule has 0 aromatic heterocycles. The predicted octanol–water partition coefficient (Wildman–Crippen LogP) is 11.6. The Hall–Kier alpha value is -20.3. The Morgan fingerprint density at radius 2 is 0.507 bits per heavy atom. The molecule has 0 radical (unpaired) electrons. The van der Waals surface area contributed by atoms with E-state index in [0.717, 1.165) is 18.2 Å². The number of carboxylic acid groups (broad SMARTS) is 9. The second kappa shape index (κ2) is 41.7. The third kappa shape index (κ3) is 22.8. The minimum absolute atomic E-state index is 0.0264. The first kappa shape index (κ1) is 97.9. The van der Waals surface area contributed by atoms with Crippen LogP contribution >= 0.6 is 0 Å². The van der Waals surface area contributed by atoms with E-state index in [1.807, 2.05) is 0 Å². The average Bonchev–Trinajstić information content (AvgIpc) is 0.798. The van der Waals surface area contributed by atoms with Gasteiger partial charge in [-0.2, -0.15) is 0 Å². The molecule has 18 aromatic carbocycles. The molecule has 37 nitrogen and oxygen atoms in total. The standard InChI is InChI=1S/C11H8O5.8C11H8O4/c12-8-3-6(11(15)16)1-5-2-9(13)10(14)4-7(5)8;12-7-2-4-8-6(5-7)1-3-9(10(8)13)11(14)15;12-7-3-1-6-2-4-8(11(14)15)10(13)9(6)5-7;12-8-2-1-6-5-10(13)9(11(14)15)4-7(6)3-8;12-8-2-1-6-4-9(11(14)15)10(13)5-7(6)3-8;12-9-3-1-2-6-4-10(13)8(11(14)15)5-7(6)9;12-9-3-1-2-6-4-8(11(14)15)10(13)5-7(6)9;12-9-3-1-2-7-6(9)4-5-8(10(7)13)11(14)15;12-8-3-1-2-6-4-5-7(11(14)15)10(13)9(6)8/h1-4,12-14H,(H,15,16);8*1-5,12-13H,(H,14,15)/p-9. The van der Waals surface area contributed by atoms with Crippen molar-refractivity contribution in [2.24, 2.45) is 0 Å². The van der Waals surface area contributed by atoms with E-state index < -0.39 is 111 Å². The molecule has 37 heteroatoms. The number of fused-ring (bicyclic) bond motifs is 9. The van der Waals surface area contributed by atoms with Gasteiger partial charge in [0.1, 0.15) is 57.1 Å². The highest BCUT2D eigenvalue weighted by Crippen LogP contribution is 2.40. The molecule has 0 unspecified atom stereocenters. The van der Waals surface area contributed by atoms with Crippen LogP contribution in [0.5, 0.6) is 109 Å². The summed E-state index contributed by atoms with van der Waals surface area (Å²) in [5, 5.41) is 282. The van der Waals surface area contributed by atoms with Crippen LogP contribution < -0.4 is 46.0 Å². The molecule has 0 atom stereocenters. The van der Waals surface area contributed by atoms with Gasteiger partial charge in [-0.25, -0.2) is 43.2 Å². The zero-order valence-electron chi connectivity index (χ0n) is 68.7. The highest BCUT2D eigenvalue weighted by molar-refractivity contribution is 6.08. The fourth-order valence-corrected chi connectivity index (χ4v) is 13.1. The molecule has 19 N–H and O–H groups in total. The third-order valence-electron chi connectivity index (χ3n) is 19.7. The van der Waals surface area contributed by atoms with Gasteiger partial charge in [0.15, 0.2) is 11.5 Å². The van der Waals surface area contributed by atoms with E-state index in [1.165, 1.54) is 188 Å². The third-order valence-corrected chi connectivity index (χ3v) is 19.7. The van der Waals surface area contributed by atoms with Gasteiger partial charge in [-0.1, -0.05) is 156 Å². The summed E-state index contributed by atoms with van der Waals surface area (Å²) >= 11 is 0. The molecule has 0 amide bonds. The van der Waals surface area contributed by atoms with Gasteiger partial charge in [-0.15, -0.1) is 17.2 Å². The van der Waals surface area contributed by atoms with Crippen LogP contribution in [0.4, 0.5) is 0 Å². The Morgan fingerprint density at radius 1 is 0.169 bits per heavy atom. The van der Waals surface area contributed by atoms with E-state index in [0.29, 0.717) is 70.0 Å². The van der Waals surface area contributed by atoms with E-state index in [9.17, 15) is 140 Å². The quantitative estimate of drug-likeness (QED) is 0.0597. The smallest absolute Gasteiger partial charge is 0.339 e. The van der Waals surface area contributed by atoms with Crippen molar-refractivity contribution in [3.05, 3.63) is 317 Å². The molecule has 0 bridgehead atoms. The highest BCUT2D eigenvalue weighted by Gasteiger charge is 2.17. The number of hydrogen-bond donors (Lipinski definition) is 19. The molecular weight excluding hydrogens is 1780 g/mol. The number of benzene rings is 18. The fraction of sp³-hybridized carbons (Fsp3) is 0. The number of hydrogen-bond acceptors (Lipinski definition) is 28. The lowest BCUT2D eigenvalue weighted by Gasteiger charge is -2.14. The summed E-state index contributed by atoms with van der Waals surface area (Å²) in [6.07, 6.45) is 0. The predicted molar refractivity (Wildman–Crippen MR) is 470 cm³/mol. The second-order valence-electron chi connectivity index (χ2n) is 28.6. The summed E-state index contributed by atoms with van der Waals surface area (Å²) in [6.45, 7) is 0. The summed E-state index contributed by atoms with van der Waals surface area (Å²) in [5.41, 5.74) is -2.30. The Labute approximate surface area is 759 Å². The van der Waals surface area contributed by atoms with Gasteiger partial charge in [0, 0.05) is 10.8 Å². The Kier molecular flexibility index (Phi) is 30.0. The molecular formula is C99H63O37-9. The maximum atomic E-state index is 11.6. The highest BCUT2D eigenvalue weighted by atomic mass is 16.4. The van der Waals surface area contributed by atoms with Crippen molar-refractivity contribution < 1.29 is 186 Å². The van der Waals surface area contributed by atoms with Gasteiger partial charge in [-0.05, 0) is 232 Å². The van der Waals surface area contributed by atoms with Crippen molar-refractivity contribution in [2.75, 3.05) is 0 Å². The number of carboxylic acids is 9. The van der Waals surface area contributed by atoms with Gasteiger partial charge in [0.2, 0.25) is 0 Å². The number of phenols is 10. The Morgan fingerprint density at radius 3 is 1.05 bits per heavy atom. The molecule has 136 heavy (non-hydrogen) atoms. The maximum absolute atomic E-state index is 11.6. The molecule has 690 valence electrons. The topological polar surface area (TPSA) is 746 Å². The first-order valence-corrected chi connectivity index (χ1v) is 38.4. The molecule has 0 aliphatic heterocycles. The number of phenolic OH excluding ortho intramolecular Hbond substituents is 8. The molecule has 18 rings (SSSR count). The van der Waals surface area contributed by atoms with E-state index in [2.05, 4.69) is 0 Å². The van der Waals surface area contributed by atoms with E-state index >= 15 is 0 Å². The zero-order chi connectivity index (χ0) is 99.9. The molecule has 0 fully saturated rings. The maximum Gasteiger partial charge on any atom is 0.339 e. The molecule has 0 heterocycles. The lowest BCUT2D eigenvalue weighted by molar-refractivity contribution is -0.269. The van der Waals surface area contributed by atoms with Crippen LogP contribution in [0.2, 0.25) is 0 Å². The van der Waals surface area contributed by atoms with Crippen LogP contribution in [-0.4, -0.2) is 151 Å². The minimum atomic E-state index is -1.29. The molecule has 0 aliphatic rings. The number of rotatable bonds is 9. The summed E-state index contributed by atoms with van der Waals surface area (Å²) in [7, 11) is 0. The lowest BCUT2D eigenvalue weighted by Crippen LogP contribution is -2.04. The van der Waals surface area contributed by atoms with Crippen molar-refractivity contribution in [1.29, 1.82) is 0 Å². The lowest BCUT2D eigenvalue weighted by atomic mass is 10.0. The number of aromatic carboxylic acids is 9. The van der Waals surface area contributed by atoms with Gasteiger partial charge in [0.25, 0.3) is 0 Å². The van der Waals surface area contributed by atoms with Crippen molar-refractivity contribution >= 4 is 151 Å².